The first-order chi connectivity index (χ1) is 3.93. The topological polar surface area (TPSA) is 18.5 Å². The zero-order chi connectivity index (χ0) is 5.82. The normalized spacial score (nSPS) is 30.4. The van der Waals surface area contributed by atoms with E-state index in [1.165, 1.54) is 12.8 Å². The second-order valence-corrected chi connectivity index (χ2v) is 3.52. The molecule has 0 spiro atoms. The number of hydrogen-bond acceptors (Lipinski definition) is 2. The second-order valence-electron chi connectivity index (χ2n) is 1.78. The first-order valence-corrected chi connectivity index (χ1v) is 4.24. The molecule has 0 aromatic carbocycles. The van der Waals surface area contributed by atoms with E-state index >= 15 is 0 Å². The van der Waals surface area contributed by atoms with Gasteiger partial charge in [-0.1, -0.05) is 0 Å². The first-order valence-electron chi connectivity index (χ1n) is 2.88. The molecule has 0 N–H and O–H groups in total. The average molecular weight is 134 g/mol. The van der Waals surface area contributed by atoms with E-state index in [9.17, 15) is 0 Å². The van der Waals surface area contributed by atoms with E-state index in [1.54, 1.807) is 7.11 Å². The van der Waals surface area contributed by atoms with Gasteiger partial charge in [-0.15, -0.1) is 0 Å². The molecule has 0 aromatic heterocycles. The molecule has 2 nitrogen and oxygen atoms in total. The van der Waals surface area contributed by atoms with Crippen molar-refractivity contribution in [2.24, 2.45) is 0 Å². The highest BCUT2D eigenvalue weighted by Crippen LogP contribution is 2.40. The van der Waals surface area contributed by atoms with Crippen molar-refractivity contribution in [1.29, 1.82) is 0 Å². The number of hydrogen-bond donors (Lipinski definition) is 0. The molecular weight excluding hydrogens is 123 g/mol. The lowest BCUT2D eigenvalue weighted by atomic mass is 10.4. The molecule has 3 heteroatoms. The van der Waals surface area contributed by atoms with Crippen LogP contribution in [0.3, 0.4) is 0 Å². The highest BCUT2D eigenvalue weighted by molar-refractivity contribution is 7.47. The summed E-state index contributed by atoms with van der Waals surface area (Å²) in [5.74, 6) is 0. The van der Waals surface area contributed by atoms with Crippen molar-refractivity contribution in [3.8, 4) is 0 Å². The lowest BCUT2D eigenvalue weighted by Crippen LogP contribution is -2.02. The van der Waals surface area contributed by atoms with Crippen LogP contribution in [0.2, 0.25) is 0 Å². The lowest BCUT2D eigenvalue weighted by molar-refractivity contribution is 0.260. The minimum absolute atomic E-state index is 0.470. The zero-order valence-corrected chi connectivity index (χ0v) is 5.99. The van der Waals surface area contributed by atoms with Gasteiger partial charge in [0.2, 0.25) is 0 Å². The quantitative estimate of drug-likeness (QED) is 0.508. The fourth-order valence-electron chi connectivity index (χ4n) is 0.718. The largest absolute Gasteiger partial charge is 0.337 e. The Hall–Kier alpha value is 0.350. The molecule has 1 atom stereocenters. The van der Waals surface area contributed by atoms with Gasteiger partial charge in [-0.05, 0) is 12.8 Å². The molecule has 1 rings (SSSR count). The van der Waals surface area contributed by atoms with Crippen molar-refractivity contribution in [2.45, 2.75) is 12.8 Å². The van der Waals surface area contributed by atoms with Gasteiger partial charge < -0.3 is 9.05 Å². The van der Waals surface area contributed by atoms with Crippen LogP contribution in [0.15, 0.2) is 0 Å². The van der Waals surface area contributed by atoms with Gasteiger partial charge in [0.15, 0.2) is 8.38 Å². The van der Waals surface area contributed by atoms with E-state index in [1.807, 2.05) is 0 Å². The van der Waals surface area contributed by atoms with E-state index < -0.39 is 8.38 Å². The van der Waals surface area contributed by atoms with Crippen LogP contribution in [-0.2, 0) is 9.05 Å². The van der Waals surface area contributed by atoms with Crippen LogP contribution >= 0.6 is 8.38 Å². The van der Waals surface area contributed by atoms with E-state index in [0.717, 1.165) is 12.8 Å². The van der Waals surface area contributed by atoms with Gasteiger partial charge in [-0.2, -0.15) is 0 Å². The maximum Gasteiger partial charge on any atom is 0.170 e. The molecule has 1 aliphatic rings. The number of rotatable bonds is 1. The summed E-state index contributed by atoms with van der Waals surface area (Å²) < 4.78 is 10.3. The Bertz CT molecular complexity index is 61.4. The molecule has 1 fully saturated rings. The van der Waals surface area contributed by atoms with Crippen LogP contribution in [0.5, 0.6) is 0 Å². The van der Waals surface area contributed by atoms with Gasteiger partial charge in [-0.25, -0.2) is 0 Å². The Kier molecular flexibility index (Phi) is 2.74. The molecule has 1 aliphatic heterocycles. The van der Waals surface area contributed by atoms with E-state index in [-0.39, 0.29) is 0 Å². The molecule has 0 saturated carbocycles. The van der Waals surface area contributed by atoms with Crippen LogP contribution in [-0.4, -0.2) is 19.9 Å². The lowest BCUT2D eigenvalue weighted by Gasteiger charge is -2.18. The van der Waals surface area contributed by atoms with Crippen LogP contribution in [0.25, 0.3) is 0 Å². The third-order valence-electron chi connectivity index (χ3n) is 1.17. The Morgan fingerprint density at radius 3 is 2.75 bits per heavy atom. The minimum Gasteiger partial charge on any atom is -0.337 e. The molecule has 0 radical (unpaired) electrons. The predicted octanol–water partition coefficient (Wildman–Crippen LogP) is 1.76. The zero-order valence-electron chi connectivity index (χ0n) is 5.09. The molecule has 0 bridgehead atoms. The fraction of sp³-hybridized carbons (Fsp3) is 1.00. The van der Waals surface area contributed by atoms with Gasteiger partial charge in [0, 0.05) is 13.3 Å². The Balaban J connectivity index is 2.13. The molecule has 48 valence electrons. The molecule has 1 unspecified atom stereocenters. The molecular formula is C5H11O2P. The summed E-state index contributed by atoms with van der Waals surface area (Å²) in [6.45, 7) is 0.902. The smallest absolute Gasteiger partial charge is 0.170 e. The maximum absolute atomic E-state index is 5.27. The van der Waals surface area contributed by atoms with E-state index in [2.05, 4.69) is 0 Å². The molecule has 8 heavy (non-hydrogen) atoms. The van der Waals surface area contributed by atoms with E-state index in [0.29, 0.717) is 0 Å². The fourth-order valence-corrected chi connectivity index (χ4v) is 1.95. The Morgan fingerprint density at radius 1 is 1.50 bits per heavy atom. The Labute approximate surface area is 51.1 Å². The predicted molar refractivity (Wildman–Crippen MR) is 34.0 cm³/mol. The standard InChI is InChI=1S/C5H11O2P/c1-6-8-5-3-2-4-7-8/h2-5H2,1H3. The highest BCUT2D eigenvalue weighted by Gasteiger charge is 2.11. The van der Waals surface area contributed by atoms with Crippen LogP contribution in [0, 0.1) is 0 Å². The molecule has 0 aromatic rings. The Morgan fingerprint density at radius 2 is 2.38 bits per heavy atom. The summed E-state index contributed by atoms with van der Waals surface area (Å²) in [7, 11) is 1.25. The van der Waals surface area contributed by atoms with Crippen LogP contribution in [0.1, 0.15) is 12.8 Å². The van der Waals surface area contributed by atoms with Gasteiger partial charge in [0.25, 0.3) is 0 Å². The van der Waals surface area contributed by atoms with E-state index in [4.69, 9.17) is 9.05 Å². The van der Waals surface area contributed by atoms with Crippen molar-refractivity contribution < 1.29 is 9.05 Å². The summed E-state index contributed by atoms with van der Waals surface area (Å²) in [6.07, 6.45) is 3.62. The molecule has 1 saturated heterocycles. The van der Waals surface area contributed by atoms with Gasteiger partial charge in [0.05, 0.1) is 6.61 Å². The molecule has 0 aliphatic carbocycles. The third-order valence-corrected chi connectivity index (χ3v) is 2.73. The molecule has 1 heterocycles. The monoisotopic (exact) mass is 134 g/mol. The van der Waals surface area contributed by atoms with Crippen molar-refractivity contribution in [2.75, 3.05) is 19.9 Å². The molecule has 0 amide bonds. The van der Waals surface area contributed by atoms with Gasteiger partial charge in [-0.3, -0.25) is 0 Å². The average Bonchev–Trinajstić information content (AvgIpc) is 1.90. The SMILES string of the molecule is COP1CCCCO1. The van der Waals surface area contributed by atoms with Gasteiger partial charge >= 0.3 is 0 Å². The minimum atomic E-state index is -0.470. The van der Waals surface area contributed by atoms with Crippen molar-refractivity contribution in [1.82, 2.24) is 0 Å². The van der Waals surface area contributed by atoms with Gasteiger partial charge in [0.1, 0.15) is 0 Å². The highest BCUT2D eigenvalue weighted by atomic mass is 31.2. The van der Waals surface area contributed by atoms with Crippen molar-refractivity contribution >= 4 is 8.38 Å². The summed E-state index contributed by atoms with van der Waals surface area (Å²) in [5, 5.41) is 0. The van der Waals surface area contributed by atoms with Crippen molar-refractivity contribution in [3.05, 3.63) is 0 Å². The maximum atomic E-state index is 5.27. The summed E-state index contributed by atoms with van der Waals surface area (Å²) in [5.41, 5.74) is 0. The third kappa shape index (κ3) is 1.70. The van der Waals surface area contributed by atoms with Crippen LogP contribution < -0.4 is 0 Å². The summed E-state index contributed by atoms with van der Waals surface area (Å²) in [4.78, 5) is 0. The van der Waals surface area contributed by atoms with Crippen molar-refractivity contribution in [3.63, 3.8) is 0 Å². The second kappa shape index (κ2) is 3.39. The first kappa shape index (κ1) is 6.47. The summed E-state index contributed by atoms with van der Waals surface area (Å²) in [6, 6.07) is 0. The summed E-state index contributed by atoms with van der Waals surface area (Å²) >= 11 is 0. The van der Waals surface area contributed by atoms with Crippen LogP contribution in [0.4, 0.5) is 0 Å².